The fourth-order valence-corrected chi connectivity index (χ4v) is 3.00. The Morgan fingerprint density at radius 3 is 2.38 bits per heavy atom. The molecule has 112 valence electrons. The normalized spacial score (nSPS) is 18.4. The van der Waals surface area contributed by atoms with Crippen LogP contribution in [0.2, 0.25) is 0 Å². The monoisotopic (exact) mass is 284 g/mol. The predicted octanol–water partition coefficient (Wildman–Crippen LogP) is 3.64. The molecule has 0 heterocycles. The minimum absolute atomic E-state index is 0.131. The van der Waals surface area contributed by atoms with Crippen LogP contribution in [0.15, 0.2) is 24.3 Å². The number of ketones is 1. The standard InChI is InChI=1S/C18H24N2O/c1-18(2)10-8-16(9-11-18)20(3)13-17(21)15-6-4-14(12-19)5-7-15/h4-7,16H,8-11,13H2,1-3H3. The molecule has 1 aromatic carbocycles. The Kier molecular flexibility index (Phi) is 4.80. The molecule has 0 saturated heterocycles. The first-order chi connectivity index (χ1) is 9.91. The first-order valence-corrected chi connectivity index (χ1v) is 7.65. The average molecular weight is 284 g/mol. The van der Waals surface area contributed by atoms with Crippen LogP contribution in [0.25, 0.3) is 0 Å². The van der Waals surface area contributed by atoms with E-state index in [2.05, 4.69) is 24.8 Å². The van der Waals surface area contributed by atoms with Gasteiger partial charge < -0.3 is 0 Å². The van der Waals surface area contributed by atoms with Crippen LogP contribution in [0, 0.1) is 16.7 Å². The van der Waals surface area contributed by atoms with E-state index >= 15 is 0 Å². The highest BCUT2D eigenvalue weighted by atomic mass is 16.1. The van der Waals surface area contributed by atoms with E-state index in [0.29, 0.717) is 29.1 Å². The van der Waals surface area contributed by atoms with Gasteiger partial charge in [0.05, 0.1) is 18.2 Å². The highest BCUT2D eigenvalue weighted by Gasteiger charge is 2.29. The van der Waals surface area contributed by atoms with Gasteiger partial charge in [0.1, 0.15) is 0 Å². The summed E-state index contributed by atoms with van der Waals surface area (Å²) in [4.78, 5) is 14.5. The topological polar surface area (TPSA) is 44.1 Å². The maximum absolute atomic E-state index is 12.3. The molecule has 0 aliphatic heterocycles. The number of carbonyl (C=O) groups is 1. The third-order valence-corrected chi connectivity index (χ3v) is 4.66. The Hall–Kier alpha value is -1.66. The summed E-state index contributed by atoms with van der Waals surface area (Å²) in [6, 6.07) is 9.49. The quantitative estimate of drug-likeness (QED) is 0.793. The molecular formula is C18H24N2O. The van der Waals surface area contributed by atoms with Crippen molar-refractivity contribution in [2.75, 3.05) is 13.6 Å². The van der Waals surface area contributed by atoms with Crippen LogP contribution in [-0.4, -0.2) is 30.3 Å². The van der Waals surface area contributed by atoms with Gasteiger partial charge in [0.2, 0.25) is 0 Å². The summed E-state index contributed by atoms with van der Waals surface area (Å²) in [5.74, 6) is 0.131. The molecule has 21 heavy (non-hydrogen) atoms. The van der Waals surface area contributed by atoms with Crippen molar-refractivity contribution in [3.63, 3.8) is 0 Å². The number of likely N-dealkylation sites (N-methyl/N-ethyl adjacent to an activating group) is 1. The Labute approximate surface area is 127 Å². The lowest BCUT2D eigenvalue weighted by Crippen LogP contribution is -2.39. The number of carbonyl (C=O) groups excluding carboxylic acids is 1. The maximum Gasteiger partial charge on any atom is 0.176 e. The number of nitrogens with zero attached hydrogens (tertiary/aromatic N) is 2. The third kappa shape index (κ3) is 4.15. The molecule has 0 N–H and O–H groups in total. The highest BCUT2D eigenvalue weighted by Crippen LogP contribution is 2.36. The Morgan fingerprint density at radius 1 is 1.29 bits per heavy atom. The van der Waals surface area contributed by atoms with E-state index in [-0.39, 0.29) is 5.78 Å². The van der Waals surface area contributed by atoms with E-state index in [1.54, 1.807) is 24.3 Å². The van der Waals surface area contributed by atoms with Crippen LogP contribution in [0.1, 0.15) is 55.5 Å². The lowest BCUT2D eigenvalue weighted by Gasteiger charge is -2.38. The SMILES string of the molecule is CN(CC(=O)c1ccc(C#N)cc1)C1CCC(C)(C)CC1. The van der Waals surface area contributed by atoms with Gasteiger partial charge >= 0.3 is 0 Å². The third-order valence-electron chi connectivity index (χ3n) is 4.66. The van der Waals surface area contributed by atoms with Crippen LogP contribution in [-0.2, 0) is 0 Å². The fourth-order valence-electron chi connectivity index (χ4n) is 3.00. The van der Waals surface area contributed by atoms with Gasteiger partial charge in [-0.1, -0.05) is 26.0 Å². The van der Waals surface area contributed by atoms with E-state index in [4.69, 9.17) is 5.26 Å². The second kappa shape index (κ2) is 6.41. The van der Waals surface area contributed by atoms with Gasteiger partial charge in [-0.15, -0.1) is 0 Å². The summed E-state index contributed by atoms with van der Waals surface area (Å²) in [7, 11) is 2.05. The molecule has 0 amide bonds. The van der Waals surface area contributed by atoms with E-state index in [1.807, 2.05) is 7.05 Å². The van der Waals surface area contributed by atoms with Gasteiger partial charge in [-0.3, -0.25) is 9.69 Å². The maximum atomic E-state index is 12.3. The largest absolute Gasteiger partial charge is 0.296 e. The minimum Gasteiger partial charge on any atom is -0.296 e. The van der Waals surface area contributed by atoms with Gasteiger partial charge in [-0.05, 0) is 50.3 Å². The second-order valence-electron chi connectivity index (χ2n) is 6.92. The van der Waals surface area contributed by atoms with E-state index in [9.17, 15) is 4.79 Å². The van der Waals surface area contributed by atoms with E-state index in [0.717, 1.165) is 0 Å². The molecule has 3 heteroatoms. The molecule has 0 bridgehead atoms. The Morgan fingerprint density at radius 2 is 1.86 bits per heavy atom. The van der Waals surface area contributed by atoms with Crippen LogP contribution < -0.4 is 0 Å². The average Bonchev–Trinajstić information content (AvgIpc) is 2.47. The number of rotatable bonds is 4. The van der Waals surface area contributed by atoms with Crippen molar-refractivity contribution in [2.24, 2.45) is 5.41 Å². The number of nitriles is 1. The molecule has 0 unspecified atom stereocenters. The summed E-state index contributed by atoms with van der Waals surface area (Å²) in [5, 5.41) is 8.78. The van der Waals surface area contributed by atoms with E-state index < -0.39 is 0 Å². The molecule has 1 aliphatic rings. The summed E-state index contributed by atoms with van der Waals surface area (Å²) in [6.45, 7) is 5.10. The molecule has 1 fully saturated rings. The Balaban J connectivity index is 1.91. The Bertz CT molecular complexity index is 529. The molecule has 0 aromatic heterocycles. The molecule has 1 aromatic rings. The van der Waals surface area contributed by atoms with Gasteiger partial charge in [0.15, 0.2) is 5.78 Å². The molecule has 2 rings (SSSR count). The van der Waals surface area contributed by atoms with Crippen LogP contribution >= 0.6 is 0 Å². The number of hydrogen-bond acceptors (Lipinski definition) is 3. The van der Waals surface area contributed by atoms with Crippen molar-refractivity contribution >= 4 is 5.78 Å². The smallest absolute Gasteiger partial charge is 0.176 e. The van der Waals surface area contributed by atoms with Crippen molar-refractivity contribution in [1.82, 2.24) is 4.90 Å². The summed E-state index contributed by atoms with van der Waals surface area (Å²) in [5.41, 5.74) is 1.74. The minimum atomic E-state index is 0.131. The molecule has 3 nitrogen and oxygen atoms in total. The van der Waals surface area contributed by atoms with Gasteiger partial charge in [0.25, 0.3) is 0 Å². The van der Waals surface area contributed by atoms with Crippen LogP contribution in [0.3, 0.4) is 0 Å². The van der Waals surface area contributed by atoms with Crippen molar-refractivity contribution in [1.29, 1.82) is 5.26 Å². The fraction of sp³-hybridized carbons (Fsp3) is 0.556. The molecule has 0 atom stereocenters. The highest BCUT2D eigenvalue weighted by molar-refractivity contribution is 5.97. The summed E-state index contributed by atoms with van der Waals surface area (Å²) in [6.07, 6.45) is 4.80. The molecule has 1 aliphatic carbocycles. The first kappa shape index (κ1) is 15.7. The molecule has 0 spiro atoms. The van der Waals surface area contributed by atoms with Crippen LogP contribution in [0.5, 0.6) is 0 Å². The number of benzene rings is 1. The summed E-state index contributed by atoms with van der Waals surface area (Å²) < 4.78 is 0. The van der Waals surface area contributed by atoms with Crippen molar-refractivity contribution < 1.29 is 4.79 Å². The lowest BCUT2D eigenvalue weighted by atomic mass is 9.75. The molecule has 0 radical (unpaired) electrons. The molecular weight excluding hydrogens is 260 g/mol. The van der Waals surface area contributed by atoms with Gasteiger partial charge in [-0.25, -0.2) is 0 Å². The first-order valence-electron chi connectivity index (χ1n) is 7.65. The van der Waals surface area contributed by atoms with Gasteiger partial charge in [0, 0.05) is 11.6 Å². The number of Topliss-reactive ketones (excluding diaryl/α,β-unsaturated/α-hetero) is 1. The van der Waals surface area contributed by atoms with Crippen molar-refractivity contribution in [3.05, 3.63) is 35.4 Å². The summed E-state index contributed by atoms with van der Waals surface area (Å²) >= 11 is 0. The lowest BCUT2D eigenvalue weighted by molar-refractivity contribution is 0.0851. The van der Waals surface area contributed by atoms with Crippen molar-refractivity contribution in [2.45, 2.75) is 45.6 Å². The van der Waals surface area contributed by atoms with Gasteiger partial charge in [-0.2, -0.15) is 5.26 Å². The number of hydrogen-bond donors (Lipinski definition) is 0. The molecule has 1 saturated carbocycles. The zero-order chi connectivity index (χ0) is 15.5. The van der Waals surface area contributed by atoms with Crippen molar-refractivity contribution in [3.8, 4) is 6.07 Å². The van der Waals surface area contributed by atoms with E-state index in [1.165, 1.54) is 25.7 Å². The van der Waals surface area contributed by atoms with Crippen LogP contribution in [0.4, 0.5) is 0 Å². The zero-order valence-electron chi connectivity index (χ0n) is 13.2. The second-order valence-corrected chi connectivity index (χ2v) is 6.92. The zero-order valence-corrected chi connectivity index (χ0v) is 13.2. The predicted molar refractivity (Wildman–Crippen MR) is 84.2 cm³/mol.